The smallest absolute Gasteiger partial charge is 0.382 e. The van der Waals surface area contributed by atoms with Crippen molar-refractivity contribution in [2.45, 2.75) is 57.7 Å². The van der Waals surface area contributed by atoms with Crippen LogP contribution < -0.4 is 5.56 Å². The molecule has 1 N–H and O–H groups in total. The molecule has 202 valence electrons. The van der Waals surface area contributed by atoms with Gasteiger partial charge in [0.05, 0.1) is 22.6 Å². The van der Waals surface area contributed by atoms with Crippen LogP contribution in [0.15, 0.2) is 53.7 Å². The van der Waals surface area contributed by atoms with Gasteiger partial charge in [0.2, 0.25) is 0 Å². The molecule has 4 heterocycles. The molecule has 2 atom stereocenters. The van der Waals surface area contributed by atoms with E-state index in [-0.39, 0.29) is 22.7 Å². The van der Waals surface area contributed by atoms with Crippen LogP contribution in [0.1, 0.15) is 66.0 Å². The Morgan fingerprint density at radius 1 is 1.00 bits per heavy atom. The Morgan fingerprint density at radius 2 is 1.74 bits per heavy atom. The van der Waals surface area contributed by atoms with Crippen molar-refractivity contribution in [2.75, 3.05) is 0 Å². The number of hydrogen-bond acceptors (Lipinski definition) is 6. The molecule has 0 aliphatic heterocycles. The average Bonchev–Trinajstić information content (AvgIpc) is 3.67. The summed E-state index contributed by atoms with van der Waals surface area (Å²) in [4.78, 5) is 30.6. The van der Waals surface area contributed by atoms with Crippen LogP contribution in [-0.2, 0) is 11.8 Å². The Labute approximate surface area is 227 Å². The molecule has 0 spiro atoms. The lowest BCUT2D eigenvalue weighted by Gasteiger charge is -2.17. The van der Waals surface area contributed by atoms with Crippen molar-refractivity contribution < 1.29 is 18.3 Å². The van der Waals surface area contributed by atoms with E-state index in [4.69, 9.17) is 11.6 Å². The van der Waals surface area contributed by atoms with E-state index in [9.17, 15) is 23.1 Å². The van der Waals surface area contributed by atoms with E-state index in [1.54, 1.807) is 39.1 Å². The molecule has 0 bridgehead atoms. The Kier molecular flexibility index (Phi) is 6.59. The highest BCUT2D eigenvalue weighted by atomic mass is 35.5. The molecule has 11 heteroatoms. The van der Waals surface area contributed by atoms with Crippen LogP contribution in [0.3, 0.4) is 0 Å². The third-order valence-corrected chi connectivity index (χ3v) is 7.21. The van der Waals surface area contributed by atoms with E-state index in [2.05, 4.69) is 19.9 Å². The van der Waals surface area contributed by atoms with Crippen molar-refractivity contribution in [3.63, 3.8) is 0 Å². The average molecular weight is 556 g/mol. The summed E-state index contributed by atoms with van der Waals surface area (Å²) in [5, 5.41) is 10.4. The molecule has 0 radical (unpaired) electrons. The first-order valence-corrected chi connectivity index (χ1v) is 12.6. The van der Waals surface area contributed by atoms with Crippen molar-refractivity contribution in [1.29, 1.82) is 0 Å². The molecule has 1 aliphatic rings. The predicted molar refractivity (Wildman–Crippen MR) is 140 cm³/mol. The van der Waals surface area contributed by atoms with E-state index in [1.807, 2.05) is 13.0 Å². The fourth-order valence-electron chi connectivity index (χ4n) is 4.65. The normalized spacial score (nSPS) is 17.4. The maximum absolute atomic E-state index is 13.5. The minimum Gasteiger partial charge on any atom is -0.382 e. The summed E-state index contributed by atoms with van der Waals surface area (Å²) in [6.07, 6.45) is 0.197. The Morgan fingerprint density at radius 3 is 2.38 bits per heavy atom. The van der Waals surface area contributed by atoms with Gasteiger partial charge >= 0.3 is 6.18 Å². The number of pyridine rings is 3. The topological polar surface area (TPSA) is 93.8 Å². The van der Waals surface area contributed by atoms with Crippen LogP contribution >= 0.6 is 11.6 Å². The van der Waals surface area contributed by atoms with Crippen molar-refractivity contribution in [2.24, 2.45) is 0 Å². The number of aryl methyl sites for hydroxylation is 2. The van der Waals surface area contributed by atoms with Crippen LogP contribution in [0.5, 0.6) is 0 Å². The summed E-state index contributed by atoms with van der Waals surface area (Å²) in [5.74, 6) is 0.0146. The zero-order chi connectivity index (χ0) is 28.3. The van der Waals surface area contributed by atoms with Gasteiger partial charge in [0, 0.05) is 35.9 Å². The van der Waals surface area contributed by atoms with Crippen molar-refractivity contribution in [3.8, 4) is 17.1 Å². The molecule has 0 aromatic carbocycles. The van der Waals surface area contributed by atoms with E-state index in [1.165, 1.54) is 16.8 Å². The lowest BCUT2D eigenvalue weighted by atomic mass is 10.1. The maximum atomic E-state index is 13.5. The molecule has 5 rings (SSSR count). The molecule has 4 aromatic rings. The van der Waals surface area contributed by atoms with E-state index < -0.39 is 22.9 Å². The number of aromatic nitrogens is 5. The third kappa shape index (κ3) is 5.18. The molecule has 1 aliphatic carbocycles. The summed E-state index contributed by atoms with van der Waals surface area (Å²) in [6, 6.07) is 7.66. The summed E-state index contributed by atoms with van der Waals surface area (Å²) >= 11 is 6.61. The summed E-state index contributed by atoms with van der Waals surface area (Å²) in [6.45, 7) is 6.80. The van der Waals surface area contributed by atoms with Gasteiger partial charge in [-0.1, -0.05) is 11.6 Å². The predicted octanol–water partition coefficient (Wildman–Crippen LogP) is 5.87. The lowest BCUT2D eigenvalue weighted by Crippen LogP contribution is -2.23. The summed E-state index contributed by atoms with van der Waals surface area (Å²) in [5.41, 5.74) is 1.69. The zero-order valence-corrected chi connectivity index (χ0v) is 22.3. The number of alkyl halides is 3. The number of hydrogen-bond donors (Lipinski definition) is 1. The Bertz CT molecular complexity index is 1630. The number of rotatable bonds is 5. The Balaban J connectivity index is 1.49. The Hall–Kier alpha value is -3.63. The van der Waals surface area contributed by atoms with Crippen LogP contribution in [0, 0.1) is 13.8 Å². The van der Waals surface area contributed by atoms with Crippen LogP contribution in [-0.4, -0.2) is 29.6 Å². The minimum atomic E-state index is -4.45. The van der Waals surface area contributed by atoms with Crippen molar-refractivity contribution in [1.82, 2.24) is 24.5 Å². The molecule has 4 aromatic heterocycles. The highest BCUT2D eigenvalue weighted by molar-refractivity contribution is 6.31. The highest BCUT2D eigenvalue weighted by Crippen LogP contribution is 2.55. The monoisotopic (exact) mass is 555 g/mol. The maximum Gasteiger partial charge on any atom is 0.417 e. The molecule has 1 unspecified atom stereocenters. The lowest BCUT2D eigenvalue weighted by molar-refractivity contribution is -0.137. The first kappa shape index (κ1) is 27.0. The van der Waals surface area contributed by atoms with Gasteiger partial charge in [-0.2, -0.15) is 13.2 Å². The number of nitrogens with zero attached hydrogens (tertiary/aromatic N) is 5. The minimum absolute atomic E-state index is 0.0594. The molecule has 0 amide bonds. The van der Waals surface area contributed by atoms with Gasteiger partial charge in [-0.3, -0.25) is 19.3 Å². The fraction of sp³-hybridized carbons (Fsp3) is 0.321. The molecule has 39 heavy (non-hydrogen) atoms. The largest absolute Gasteiger partial charge is 0.417 e. The van der Waals surface area contributed by atoms with Crippen LogP contribution in [0.2, 0.25) is 5.02 Å². The first-order valence-electron chi connectivity index (χ1n) is 12.2. The first-order chi connectivity index (χ1) is 18.3. The molecular formula is C28H25ClF3N5O2. The molecule has 1 fully saturated rings. The molecule has 7 nitrogen and oxygen atoms in total. The fourth-order valence-corrected chi connectivity index (χ4v) is 4.93. The van der Waals surface area contributed by atoms with Gasteiger partial charge < -0.3 is 5.11 Å². The number of aliphatic hydroxyl groups is 1. The van der Waals surface area contributed by atoms with Gasteiger partial charge in [-0.15, -0.1) is 0 Å². The van der Waals surface area contributed by atoms with Gasteiger partial charge in [-0.05, 0) is 81.5 Å². The van der Waals surface area contributed by atoms with Gasteiger partial charge in [-0.25, -0.2) is 9.97 Å². The van der Waals surface area contributed by atoms with Crippen LogP contribution in [0.25, 0.3) is 17.1 Å². The van der Waals surface area contributed by atoms with Crippen molar-refractivity contribution >= 4 is 11.6 Å². The highest BCUT2D eigenvalue weighted by Gasteiger charge is 2.43. The molecular weight excluding hydrogens is 531 g/mol. The van der Waals surface area contributed by atoms with Crippen LogP contribution in [0.4, 0.5) is 13.2 Å². The number of halogens is 4. The van der Waals surface area contributed by atoms with E-state index in [0.717, 1.165) is 17.8 Å². The molecule has 1 saturated carbocycles. The second-order valence-electron chi connectivity index (χ2n) is 10.3. The second kappa shape index (κ2) is 9.53. The SMILES string of the molecule is Cc1cnc(-c2ccnc(C(C)(C)O)n2)cc1-n1c(C)cc([C@@H]2CC2c2ccc(C(F)(F)F)cn2)c(Cl)c1=O. The zero-order valence-electron chi connectivity index (χ0n) is 21.6. The van der Waals surface area contributed by atoms with Gasteiger partial charge in [0.25, 0.3) is 5.56 Å². The van der Waals surface area contributed by atoms with Crippen molar-refractivity contribution in [3.05, 3.63) is 98.2 Å². The molecule has 0 saturated heterocycles. The quantitative estimate of drug-likeness (QED) is 0.331. The summed E-state index contributed by atoms with van der Waals surface area (Å²) in [7, 11) is 0. The van der Waals surface area contributed by atoms with E-state index in [0.29, 0.717) is 40.4 Å². The second-order valence-corrected chi connectivity index (χ2v) is 10.7. The van der Waals surface area contributed by atoms with Gasteiger partial charge in [0.15, 0.2) is 5.82 Å². The third-order valence-electron chi connectivity index (χ3n) is 6.83. The summed E-state index contributed by atoms with van der Waals surface area (Å²) < 4.78 is 40.2. The van der Waals surface area contributed by atoms with Gasteiger partial charge in [0.1, 0.15) is 10.6 Å². The van der Waals surface area contributed by atoms with E-state index >= 15 is 0 Å². The standard InChI is InChI=1S/C28H25ClF3N5O2/c1-14-12-34-22(21-7-8-33-26(36-21)27(3,4)39)11-23(14)37-15(2)9-19(24(29)25(37)38)17-10-18(17)20-6-5-16(13-35-20)28(30,31)32/h5-9,11-13,17-18,39H,10H2,1-4H3/t17-,18?/m1/s1.